The molecule has 0 radical (unpaired) electrons. The molecule has 0 aromatic rings. The summed E-state index contributed by atoms with van der Waals surface area (Å²) in [4.78, 5) is 35.1. The Bertz CT molecular complexity index is 584. The fourth-order valence-corrected chi connectivity index (χ4v) is 2.84. The third-order valence-electron chi connectivity index (χ3n) is 4.39. The number of amides is 3. The summed E-state index contributed by atoms with van der Waals surface area (Å²) in [5.74, 6) is 0. The molecule has 194 valence electrons. The summed E-state index contributed by atoms with van der Waals surface area (Å²) < 4.78 is 15.6. The van der Waals surface area contributed by atoms with Crippen molar-refractivity contribution in [2.75, 3.05) is 13.2 Å². The van der Waals surface area contributed by atoms with Gasteiger partial charge in [0, 0.05) is 25.0 Å². The highest BCUT2D eigenvalue weighted by molar-refractivity contribution is 5.68. The first-order valence-corrected chi connectivity index (χ1v) is 12.1. The van der Waals surface area contributed by atoms with Crippen LogP contribution in [-0.2, 0) is 14.2 Å². The minimum absolute atomic E-state index is 0.0818. The fraction of sp³-hybridized carbons (Fsp3) is 0.875. The molecule has 0 saturated heterocycles. The maximum atomic E-state index is 11.7. The second-order valence-electron chi connectivity index (χ2n) is 10.5. The zero-order valence-electron chi connectivity index (χ0n) is 22.0. The van der Waals surface area contributed by atoms with Crippen LogP contribution in [0.4, 0.5) is 14.4 Å². The Morgan fingerprint density at radius 1 is 0.667 bits per heavy atom. The highest BCUT2D eigenvalue weighted by atomic mass is 16.6. The van der Waals surface area contributed by atoms with Crippen LogP contribution in [0.2, 0.25) is 0 Å². The van der Waals surface area contributed by atoms with Gasteiger partial charge in [0.05, 0.1) is 6.61 Å². The van der Waals surface area contributed by atoms with E-state index in [4.69, 9.17) is 14.2 Å². The molecule has 0 bridgehead atoms. The molecular formula is C24H47N3O6. The molecule has 0 aliphatic heterocycles. The van der Waals surface area contributed by atoms with Crippen LogP contribution >= 0.6 is 0 Å². The van der Waals surface area contributed by atoms with Gasteiger partial charge in [-0.15, -0.1) is 0 Å². The largest absolute Gasteiger partial charge is 0.449 e. The predicted molar refractivity (Wildman–Crippen MR) is 129 cm³/mol. The third-order valence-corrected chi connectivity index (χ3v) is 4.39. The van der Waals surface area contributed by atoms with E-state index in [-0.39, 0.29) is 24.8 Å². The van der Waals surface area contributed by atoms with E-state index in [0.29, 0.717) is 13.0 Å². The standard InChI is InChI=1S/C24H47N3O6/c1-18(26-21(29)32-23(3,4)5)14-12-10-9-11-13-16-25-20(28)31-17-15-19(2)27-22(30)33-24(6,7)8/h18-19H,9-17H2,1-8H3,(H,25,28)(H,26,29)(H,27,30). The van der Waals surface area contributed by atoms with Crippen LogP contribution in [0.15, 0.2) is 0 Å². The maximum absolute atomic E-state index is 11.7. The number of hydrogen-bond acceptors (Lipinski definition) is 6. The molecule has 0 aliphatic carbocycles. The SMILES string of the molecule is CC(CCCCCCCNC(=O)OCCC(C)NC(=O)OC(C)(C)C)NC(=O)OC(C)(C)C. The van der Waals surface area contributed by atoms with Crippen molar-refractivity contribution in [1.29, 1.82) is 0 Å². The minimum Gasteiger partial charge on any atom is -0.449 e. The number of unbranched alkanes of at least 4 members (excludes halogenated alkanes) is 4. The molecule has 0 spiro atoms. The van der Waals surface area contributed by atoms with E-state index in [1.807, 2.05) is 34.6 Å². The van der Waals surface area contributed by atoms with Crippen LogP contribution in [0.25, 0.3) is 0 Å². The van der Waals surface area contributed by atoms with Crippen LogP contribution in [-0.4, -0.2) is 54.7 Å². The smallest absolute Gasteiger partial charge is 0.407 e. The van der Waals surface area contributed by atoms with Crippen molar-refractivity contribution >= 4 is 18.3 Å². The molecule has 3 N–H and O–H groups in total. The molecule has 0 aromatic carbocycles. The van der Waals surface area contributed by atoms with Gasteiger partial charge in [-0.25, -0.2) is 14.4 Å². The van der Waals surface area contributed by atoms with Gasteiger partial charge in [-0.1, -0.05) is 25.7 Å². The number of carbonyl (C=O) groups is 3. The molecule has 9 nitrogen and oxygen atoms in total. The second kappa shape index (κ2) is 15.6. The van der Waals surface area contributed by atoms with E-state index in [9.17, 15) is 14.4 Å². The second-order valence-corrected chi connectivity index (χ2v) is 10.5. The van der Waals surface area contributed by atoms with Crippen LogP contribution < -0.4 is 16.0 Å². The van der Waals surface area contributed by atoms with Gasteiger partial charge >= 0.3 is 18.3 Å². The van der Waals surface area contributed by atoms with Crippen molar-refractivity contribution in [1.82, 2.24) is 16.0 Å². The normalized spacial score (nSPS) is 13.5. The molecule has 0 heterocycles. The number of carbonyl (C=O) groups excluding carboxylic acids is 3. The molecule has 0 fully saturated rings. The topological polar surface area (TPSA) is 115 Å². The number of hydrogen-bond donors (Lipinski definition) is 3. The summed E-state index contributed by atoms with van der Waals surface area (Å²) in [5, 5.41) is 8.31. The van der Waals surface area contributed by atoms with Gasteiger partial charge in [0.1, 0.15) is 11.2 Å². The first-order chi connectivity index (χ1) is 15.2. The van der Waals surface area contributed by atoms with Crippen LogP contribution in [0.1, 0.15) is 100 Å². The quantitative estimate of drug-likeness (QED) is 0.248. The Labute approximate surface area is 200 Å². The Kier molecular flexibility index (Phi) is 14.6. The molecule has 33 heavy (non-hydrogen) atoms. The lowest BCUT2D eigenvalue weighted by Gasteiger charge is -2.22. The molecule has 0 aliphatic rings. The van der Waals surface area contributed by atoms with Crippen molar-refractivity contribution in [2.24, 2.45) is 0 Å². The molecule has 2 atom stereocenters. The van der Waals surface area contributed by atoms with E-state index >= 15 is 0 Å². The minimum atomic E-state index is -0.544. The van der Waals surface area contributed by atoms with E-state index in [2.05, 4.69) is 16.0 Å². The van der Waals surface area contributed by atoms with Crippen LogP contribution in [0, 0.1) is 0 Å². The molecule has 2 unspecified atom stereocenters. The highest BCUT2D eigenvalue weighted by Gasteiger charge is 2.18. The summed E-state index contributed by atoms with van der Waals surface area (Å²) in [6.07, 6.45) is 5.21. The van der Waals surface area contributed by atoms with Crippen molar-refractivity contribution in [3.8, 4) is 0 Å². The van der Waals surface area contributed by atoms with E-state index in [0.717, 1.165) is 38.5 Å². The molecule has 0 aromatic heterocycles. The number of ether oxygens (including phenoxy) is 3. The summed E-state index contributed by atoms with van der Waals surface area (Å²) in [6.45, 7) is 15.6. The summed E-state index contributed by atoms with van der Waals surface area (Å²) in [5.41, 5.74) is -1.03. The molecule has 3 amide bonds. The van der Waals surface area contributed by atoms with E-state index in [1.54, 1.807) is 20.8 Å². The number of alkyl carbamates (subject to hydrolysis) is 3. The summed E-state index contributed by atoms with van der Waals surface area (Å²) >= 11 is 0. The van der Waals surface area contributed by atoms with Gasteiger partial charge in [-0.05, 0) is 68.2 Å². The third kappa shape index (κ3) is 21.4. The Balaban J connectivity index is 3.64. The van der Waals surface area contributed by atoms with Crippen LogP contribution in [0.5, 0.6) is 0 Å². The first-order valence-electron chi connectivity index (χ1n) is 12.1. The van der Waals surface area contributed by atoms with Gasteiger partial charge in [-0.2, -0.15) is 0 Å². The zero-order chi connectivity index (χ0) is 25.5. The van der Waals surface area contributed by atoms with Gasteiger partial charge in [0.25, 0.3) is 0 Å². The zero-order valence-corrected chi connectivity index (χ0v) is 22.0. The maximum Gasteiger partial charge on any atom is 0.407 e. The summed E-state index contributed by atoms with van der Waals surface area (Å²) in [7, 11) is 0. The van der Waals surface area contributed by atoms with Gasteiger partial charge in [0.15, 0.2) is 0 Å². The summed E-state index contributed by atoms with van der Waals surface area (Å²) in [6, 6.07) is -0.0759. The molecule has 0 rings (SSSR count). The number of nitrogens with one attached hydrogen (secondary N) is 3. The fourth-order valence-electron chi connectivity index (χ4n) is 2.84. The van der Waals surface area contributed by atoms with Gasteiger partial charge in [0.2, 0.25) is 0 Å². The van der Waals surface area contributed by atoms with Crippen molar-refractivity contribution in [2.45, 2.75) is 124 Å². The first kappa shape index (κ1) is 30.8. The van der Waals surface area contributed by atoms with Crippen molar-refractivity contribution in [3.63, 3.8) is 0 Å². The van der Waals surface area contributed by atoms with E-state index < -0.39 is 23.4 Å². The monoisotopic (exact) mass is 473 g/mol. The Morgan fingerprint density at radius 2 is 1.12 bits per heavy atom. The van der Waals surface area contributed by atoms with Crippen molar-refractivity contribution < 1.29 is 28.6 Å². The average molecular weight is 474 g/mol. The van der Waals surface area contributed by atoms with Gasteiger partial charge in [-0.3, -0.25) is 0 Å². The van der Waals surface area contributed by atoms with E-state index in [1.165, 1.54) is 0 Å². The average Bonchev–Trinajstić information content (AvgIpc) is 2.60. The molecular weight excluding hydrogens is 426 g/mol. The number of rotatable bonds is 13. The molecule has 9 heteroatoms. The lowest BCUT2D eigenvalue weighted by atomic mass is 10.1. The van der Waals surface area contributed by atoms with Crippen molar-refractivity contribution in [3.05, 3.63) is 0 Å². The molecule has 0 saturated carbocycles. The lowest BCUT2D eigenvalue weighted by Crippen LogP contribution is -2.38. The van der Waals surface area contributed by atoms with Crippen LogP contribution in [0.3, 0.4) is 0 Å². The lowest BCUT2D eigenvalue weighted by molar-refractivity contribution is 0.0490. The predicted octanol–water partition coefficient (Wildman–Crippen LogP) is 5.27. The highest BCUT2D eigenvalue weighted by Crippen LogP contribution is 2.10. The van der Waals surface area contributed by atoms with Gasteiger partial charge < -0.3 is 30.2 Å². The Hall–Kier alpha value is -2.19. The Morgan fingerprint density at radius 3 is 1.64 bits per heavy atom.